The monoisotopic (exact) mass is 475 g/mol. The Hall–Kier alpha value is -3.92. The van der Waals surface area contributed by atoms with Crippen molar-refractivity contribution in [2.45, 2.75) is 26.3 Å². The molecule has 2 unspecified atom stereocenters. The summed E-state index contributed by atoms with van der Waals surface area (Å²) in [6.45, 7) is 6.03. The first-order chi connectivity index (χ1) is 16.9. The van der Waals surface area contributed by atoms with Crippen molar-refractivity contribution >= 4 is 11.2 Å². The molecule has 0 bridgehead atoms. The molecular formula is C25H23F2N7O. The summed E-state index contributed by atoms with van der Waals surface area (Å²) in [4.78, 5) is 27.1. The van der Waals surface area contributed by atoms with E-state index in [1.807, 2.05) is 35.0 Å². The van der Waals surface area contributed by atoms with Gasteiger partial charge in [0.1, 0.15) is 11.5 Å². The zero-order chi connectivity index (χ0) is 24.3. The zero-order valence-electron chi connectivity index (χ0n) is 19.2. The van der Waals surface area contributed by atoms with Crippen LogP contribution < -0.4 is 5.56 Å². The number of likely N-dealkylation sites (tertiary alicyclic amines) is 1. The van der Waals surface area contributed by atoms with Crippen LogP contribution in [0.3, 0.4) is 0 Å². The molecule has 5 aromatic rings. The highest BCUT2D eigenvalue weighted by molar-refractivity contribution is 5.64. The Kier molecular flexibility index (Phi) is 4.99. The number of aromatic amines is 1. The van der Waals surface area contributed by atoms with Gasteiger partial charge in [-0.1, -0.05) is 13.0 Å². The van der Waals surface area contributed by atoms with Gasteiger partial charge in [0.25, 0.3) is 5.56 Å². The number of halogens is 2. The summed E-state index contributed by atoms with van der Waals surface area (Å²) in [6.07, 6.45) is 5.41. The maximum atomic E-state index is 14.0. The Morgan fingerprint density at radius 3 is 2.83 bits per heavy atom. The van der Waals surface area contributed by atoms with Gasteiger partial charge in [0.2, 0.25) is 0 Å². The molecule has 1 aromatic carbocycles. The van der Waals surface area contributed by atoms with Crippen molar-refractivity contribution in [2.24, 2.45) is 5.92 Å². The molecule has 4 aromatic heterocycles. The molecule has 0 radical (unpaired) electrons. The van der Waals surface area contributed by atoms with Crippen LogP contribution in [0.5, 0.6) is 0 Å². The lowest BCUT2D eigenvalue weighted by Crippen LogP contribution is -2.23. The van der Waals surface area contributed by atoms with Crippen LogP contribution in [-0.4, -0.2) is 47.0 Å². The van der Waals surface area contributed by atoms with E-state index in [1.165, 1.54) is 10.7 Å². The van der Waals surface area contributed by atoms with E-state index >= 15 is 0 Å². The minimum atomic E-state index is -0.973. The Morgan fingerprint density at radius 1 is 1.17 bits per heavy atom. The van der Waals surface area contributed by atoms with Gasteiger partial charge < -0.3 is 9.38 Å². The van der Waals surface area contributed by atoms with Crippen LogP contribution in [0.15, 0.2) is 53.7 Å². The molecule has 0 spiro atoms. The van der Waals surface area contributed by atoms with Gasteiger partial charge in [-0.15, -0.1) is 0 Å². The lowest BCUT2D eigenvalue weighted by Gasteiger charge is -2.15. The third-order valence-electron chi connectivity index (χ3n) is 6.77. The summed E-state index contributed by atoms with van der Waals surface area (Å²) >= 11 is 0. The summed E-state index contributed by atoms with van der Waals surface area (Å²) in [5.74, 6) is -0.818. The van der Waals surface area contributed by atoms with Crippen molar-refractivity contribution in [2.75, 3.05) is 13.1 Å². The van der Waals surface area contributed by atoms with Crippen LogP contribution in [0.4, 0.5) is 8.78 Å². The molecule has 6 rings (SSSR count). The van der Waals surface area contributed by atoms with E-state index in [9.17, 15) is 13.6 Å². The lowest BCUT2D eigenvalue weighted by molar-refractivity contribution is 0.315. The van der Waals surface area contributed by atoms with E-state index < -0.39 is 11.6 Å². The van der Waals surface area contributed by atoms with Crippen molar-refractivity contribution in [1.29, 1.82) is 0 Å². The van der Waals surface area contributed by atoms with Gasteiger partial charge >= 0.3 is 0 Å². The van der Waals surface area contributed by atoms with E-state index in [0.717, 1.165) is 30.0 Å². The highest BCUT2D eigenvalue weighted by Gasteiger charge is 2.33. The first-order valence-corrected chi connectivity index (χ1v) is 11.5. The molecule has 0 saturated carbocycles. The number of fused-ring (bicyclic) bond motifs is 2. The Morgan fingerprint density at radius 2 is 2.00 bits per heavy atom. The van der Waals surface area contributed by atoms with Crippen LogP contribution in [0.2, 0.25) is 0 Å². The van der Waals surface area contributed by atoms with Crippen molar-refractivity contribution < 1.29 is 8.78 Å². The maximum Gasteiger partial charge on any atom is 0.276 e. The van der Waals surface area contributed by atoms with E-state index in [-0.39, 0.29) is 22.9 Å². The molecule has 1 saturated heterocycles. The third kappa shape index (κ3) is 3.70. The minimum Gasteiger partial charge on any atom is -0.307 e. The molecule has 178 valence electrons. The number of H-pyrrole nitrogens is 1. The number of hydrogen-bond donors (Lipinski definition) is 1. The predicted molar refractivity (Wildman–Crippen MR) is 126 cm³/mol. The van der Waals surface area contributed by atoms with E-state index in [2.05, 4.69) is 21.8 Å². The van der Waals surface area contributed by atoms with Gasteiger partial charge in [-0.3, -0.25) is 9.69 Å². The summed E-state index contributed by atoms with van der Waals surface area (Å²) in [6, 6.07) is 8.12. The van der Waals surface area contributed by atoms with Crippen molar-refractivity contribution in [3.05, 3.63) is 88.0 Å². The molecule has 0 amide bonds. The highest BCUT2D eigenvalue weighted by Crippen LogP contribution is 2.31. The second-order valence-electron chi connectivity index (χ2n) is 9.28. The molecular weight excluding hydrogens is 452 g/mol. The van der Waals surface area contributed by atoms with Crippen molar-refractivity contribution in [1.82, 2.24) is 33.9 Å². The smallest absolute Gasteiger partial charge is 0.276 e. The van der Waals surface area contributed by atoms with Crippen molar-refractivity contribution in [3.63, 3.8) is 0 Å². The molecule has 1 aliphatic heterocycles. The third-order valence-corrected chi connectivity index (χ3v) is 6.77. The summed E-state index contributed by atoms with van der Waals surface area (Å²) in [5.41, 5.74) is 2.71. The van der Waals surface area contributed by atoms with Gasteiger partial charge in [0.15, 0.2) is 23.0 Å². The number of pyridine rings is 1. The van der Waals surface area contributed by atoms with Crippen LogP contribution in [0.25, 0.3) is 22.6 Å². The molecule has 1 fully saturated rings. The molecule has 1 aliphatic rings. The summed E-state index contributed by atoms with van der Waals surface area (Å²) in [7, 11) is 0. The van der Waals surface area contributed by atoms with Crippen LogP contribution in [0.1, 0.15) is 29.9 Å². The fourth-order valence-corrected chi connectivity index (χ4v) is 5.00. The lowest BCUT2D eigenvalue weighted by atomic mass is 9.97. The normalized spacial score (nSPS) is 18.7. The zero-order valence-corrected chi connectivity index (χ0v) is 19.2. The number of aryl methyl sites for hydroxylation is 1. The predicted octanol–water partition coefficient (Wildman–Crippen LogP) is 3.55. The molecule has 2 atom stereocenters. The Labute approximate surface area is 198 Å². The quantitative estimate of drug-likeness (QED) is 0.430. The topological polar surface area (TPSA) is 83.6 Å². The molecule has 8 nitrogen and oxygen atoms in total. The minimum absolute atomic E-state index is 0.00886. The average molecular weight is 476 g/mol. The molecule has 35 heavy (non-hydrogen) atoms. The number of nitrogens with zero attached hydrogens (tertiary/aromatic N) is 6. The summed E-state index contributed by atoms with van der Waals surface area (Å²) in [5, 5.41) is 4.71. The molecule has 1 N–H and O–H groups in total. The highest BCUT2D eigenvalue weighted by atomic mass is 19.2. The van der Waals surface area contributed by atoms with Crippen LogP contribution in [0, 0.1) is 24.5 Å². The SMILES string of the molecule is Cc1cc(F)c(F)cc1-c1ncc2c(=O)[nH]c(C3CN(Cc4cn5ccccc5n4)CC3C)nn12. The van der Waals surface area contributed by atoms with Gasteiger partial charge in [-0.2, -0.15) is 5.10 Å². The number of rotatable bonds is 4. The summed E-state index contributed by atoms with van der Waals surface area (Å²) < 4.78 is 31.1. The second-order valence-corrected chi connectivity index (χ2v) is 9.28. The standard InChI is InChI=1S/C25H23F2N7O/c1-14-7-19(26)20(27)8-17(14)24-28-9-21-25(35)30-23(31-34(21)24)18-13-32(10-15(18)2)11-16-12-33-6-4-3-5-22(33)29-16/h3-9,12,15,18H,10-11,13H2,1-2H3,(H,30,31,35). The van der Waals surface area contributed by atoms with E-state index in [0.29, 0.717) is 35.9 Å². The van der Waals surface area contributed by atoms with Gasteiger partial charge in [-0.05, 0) is 42.7 Å². The van der Waals surface area contributed by atoms with Gasteiger partial charge in [0.05, 0.1) is 11.9 Å². The van der Waals surface area contributed by atoms with E-state index in [1.54, 1.807) is 6.92 Å². The number of aromatic nitrogens is 6. The van der Waals surface area contributed by atoms with Gasteiger partial charge in [0, 0.05) is 43.5 Å². The van der Waals surface area contributed by atoms with Crippen LogP contribution >= 0.6 is 0 Å². The number of imidazole rings is 2. The first kappa shape index (κ1) is 21.6. The largest absolute Gasteiger partial charge is 0.307 e. The fourth-order valence-electron chi connectivity index (χ4n) is 5.00. The number of nitrogens with one attached hydrogen (secondary N) is 1. The number of hydrogen-bond acceptors (Lipinski definition) is 5. The molecule has 10 heteroatoms. The first-order valence-electron chi connectivity index (χ1n) is 11.5. The molecule has 5 heterocycles. The number of benzene rings is 1. The second kappa shape index (κ2) is 8.09. The Balaban J connectivity index is 1.33. The van der Waals surface area contributed by atoms with Gasteiger partial charge in [-0.25, -0.2) is 23.3 Å². The van der Waals surface area contributed by atoms with Crippen molar-refractivity contribution in [3.8, 4) is 11.4 Å². The Bertz CT molecular complexity index is 1600. The fraction of sp³-hybridized carbons (Fsp3) is 0.280. The maximum absolute atomic E-state index is 14.0. The molecule has 0 aliphatic carbocycles. The average Bonchev–Trinajstić information content (AvgIpc) is 3.52. The van der Waals surface area contributed by atoms with E-state index in [4.69, 9.17) is 10.1 Å². The van der Waals surface area contributed by atoms with Crippen LogP contribution in [-0.2, 0) is 6.54 Å².